The van der Waals surface area contributed by atoms with Crippen molar-refractivity contribution in [2.45, 2.75) is 26.9 Å². The zero-order chi connectivity index (χ0) is 19.7. The molecule has 1 aromatic carbocycles. The largest absolute Gasteiger partial charge is 0.327 e. The van der Waals surface area contributed by atoms with E-state index in [0.29, 0.717) is 11.2 Å². The van der Waals surface area contributed by atoms with Gasteiger partial charge in [-0.1, -0.05) is 23.8 Å². The SMILES string of the molecule is CCn1c(CN2CCN(C)CC2)nc2c(C#N)nc(-c3cccc(C)c3)cc21. The van der Waals surface area contributed by atoms with E-state index in [1.54, 1.807) is 0 Å². The number of benzene rings is 1. The summed E-state index contributed by atoms with van der Waals surface area (Å²) in [5.41, 5.74) is 5.15. The van der Waals surface area contributed by atoms with Gasteiger partial charge in [-0.2, -0.15) is 5.26 Å². The van der Waals surface area contributed by atoms with Crippen LogP contribution in [0.1, 0.15) is 24.0 Å². The van der Waals surface area contributed by atoms with E-state index in [-0.39, 0.29) is 0 Å². The fourth-order valence-corrected chi connectivity index (χ4v) is 3.88. The fourth-order valence-electron chi connectivity index (χ4n) is 3.88. The number of likely N-dealkylation sites (N-methyl/N-ethyl adjacent to an activating group) is 1. The van der Waals surface area contributed by atoms with Crippen molar-refractivity contribution < 1.29 is 0 Å². The highest BCUT2D eigenvalue weighted by molar-refractivity contribution is 5.84. The summed E-state index contributed by atoms with van der Waals surface area (Å²) >= 11 is 0. The first kappa shape index (κ1) is 18.6. The molecule has 1 aliphatic heterocycles. The monoisotopic (exact) mass is 374 g/mol. The highest BCUT2D eigenvalue weighted by atomic mass is 15.3. The summed E-state index contributed by atoms with van der Waals surface area (Å²) in [6.07, 6.45) is 0. The maximum absolute atomic E-state index is 9.71. The van der Waals surface area contributed by atoms with Crippen LogP contribution in [-0.4, -0.2) is 57.6 Å². The highest BCUT2D eigenvalue weighted by Crippen LogP contribution is 2.26. The molecule has 1 fully saturated rings. The van der Waals surface area contributed by atoms with Crippen LogP contribution in [-0.2, 0) is 13.1 Å². The Bertz CT molecular complexity index is 1040. The van der Waals surface area contributed by atoms with E-state index in [2.05, 4.69) is 64.5 Å². The molecule has 0 N–H and O–H groups in total. The van der Waals surface area contributed by atoms with Crippen LogP contribution in [0.4, 0.5) is 0 Å². The topological polar surface area (TPSA) is 61.0 Å². The number of imidazole rings is 1. The minimum Gasteiger partial charge on any atom is -0.327 e. The third kappa shape index (κ3) is 3.51. The molecule has 0 radical (unpaired) electrons. The van der Waals surface area contributed by atoms with Crippen molar-refractivity contribution in [1.29, 1.82) is 5.26 Å². The van der Waals surface area contributed by atoms with E-state index < -0.39 is 0 Å². The molecule has 0 unspecified atom stereocenters. The van der Waals surface area contributed by atoms with E-state index in [4.69, 9.17) is 4.98 Å². The van der Waals surface area contributed by atoms with E-state index in [1.807, 2.05) is 12.1 Å². The van der Waals surface area contributed by atoms with Gasteiger partial charge in [0.1, 0.15) is 17.4 Å². The number of rotatable bonds is 4. The van der Waals surface area contributed by atoms with Crippen LogP contribution < -0.4 is 0 Å². The molecule has 1 saturated heterocycles. The second-order valence-electron chi connectivity index (χ2n) is 7.56. The molecule has 28 heavy (non-hydrogen) atoms. The fraction of sp³-hybridized carbons (Fsp3) is 0.409. The average Bonchev–Trinajstić information content (AvgIpc) is 3.06. The van der Waals surface area contributed by atoms with Gasteiger partial charge in [0.05, 0.1) is 17.8 Å². The summed E-state index contributed by atoms with van der Waals surface area (Å²) in [7, 11) is 2.16. The molecule has 0 saturated carbocycles. The molecule has 6 heteroatoms. The number of hydrogen-bond donors (Lipinski definition) is 0. The minimum absolute atomic E-state index is 0.404. The van der Waals surface area contributed by atoms with Crippen molar-refractivity contribution in [3.63, 3.8) is 0 Å². The molecule has 0 spiro atoms. The minimum atomic E-state index is 0.404. The zero-order valence-electron chi connectivity index (χ0n) is 16.8. The van der Waals surface area contributed by atoms with Crippen LogP contribution in [0.25, 0.3) is 22.3 Å². The summed E-state index contributed by atoms with van der Waals surface area (Å²) in [5, 5.41) is 9.71. The number of fused-ring (bicyclic) bond motifs is 1. The third-order valence-corrected chi connectivity index (χ3v) is 5.51. The van der Waals surface area contributed by atoms with Crippen LogP contribution in [0, 0.1) is 18.3 Å². The molecule has 0 bridgehead atoms. The number of pyridine rings is 1. The average molecular weight is 374 g/mol. The highest BCUT2D eigenvalue weighted by Gasteiger charge is 2.20. The molecule has 144 valence electrons. The number of aryl methyl sites for hydroxylation is 2. The summed E-state index contributed by atoms with van der Waals surface area (Å²) in [4.78, 5) is 14.3. The van der Waals surface area contributed by atoms with Crippen LogP contribution in [0.2, 0.25) is 0 Å². The lowest BCUT2D eigenvalue weighted by atomic mass is 10.1. The quantitative estimate of drug-likeness (QED) is 0.702. The van der Waals surface area contributed by atoms with Crippen molar-refractivity contribution in [3.8, 4) is 17.3 Å². The molecule has 4 rings (SSSR count). The van der Waals surface area contributed by atoms with Crippen molar-refractivity contribution in [2.75, 3.05) is 33.2 Å². The Morgan fingerprint density at radius 1 is 1.11 bits per heavy atom. The van der Waals surface area contributed by atoms with Gasteiger partial charge in [0.15, 0.2) is 5.69 Å². The molecular weight excluding hydrogens is 348 g/mol. The lowest BCUT2D eigenvalue weighted by Gasteiger charge is -2.32. The smallest absolute Gasteiger partial charge is 0.169 e. The van der Waals surface area contributed by atoms with Crippen LogP contribution in [0.15, 0.2) is 30.3 Å². The third-order valence-electron chi connectivity index (χ3n) is 5.51. The van der Waals surface area contributed by atoms with Gasteiger partial charge in [-0.3, -0.25) is 4.90 Å². The van der Waals surface area contributed by atoms with Crippen LogP contribution in [0.5, 0.6) is 0 Å². The summed E-state index contributed by atoms with van der Waals surface area (Å²) in [6, 6.07) is 12.6. The first-order chi connectivity index (χ1) is 13.6. The zero-order valence-corrected chi connectivity index (χ0v) is 16.8. The standard InChI is InChI=1S/C22H26N6/c1-4-28-20-13-18(17-7-5-6-16(2)12-17)24-19(14-23)22(20)25-21(28)15-27-10-8-26(3)9-11-27/h5-7,12-13H,4,8-11,15H2,1-3H3. The van der Waals surface area contributed by atoms with Gasteiger partial charge in [-0.15, -0.1) is 0 Å². The maximum atomic E-state index is 9.71. The Morgan fingerprint density at radius 2 is 1.89 bits per heavy atom. The Balaban J connectivity index is 1.78. The molecule has 1 aliphatic rings. The molecule has 6 nitrogen and oxygen atoms in total. The second kappa shape index (κ2) is 7.70. The van der Waals surface area contributed by atoms with E-state index in [0.717, 1.165) is 61.9 Å². The summed E-state index contributed by atoms with van der Waals surface area (Å²) in [5.74, 6) is 1.02. The number of piperazine rings is 1. The number of hydrogen-bond acceptors (Lipinski definition) is 5. The van der Waals surface area contributed by atoms with Gasteiger partial charge in [-0.05, 0) is 33.0 Å². The number of nitrogens with zero attached hydrogens (tertiary/aromatic N) is 6. The summed E-state index contributed by atoms with van der Waals surface area (Å²) < 4.78 is 2.23. The molecule has 0 atom stereocenters. The molecule has 0 aliphatic carbocycles. The predicted octanol–water partition coefficient (Wildman–Crippen LogP) is 3.05. The van der Waals surface area contributed by atoms with Crippen LogP contribution in [0.3, 0.4) is 0 Å². The van der Waals surface area contributed by atoms with Gasteiger partial charge in [0.2, 0.25) is 0 Å². The Kier molecular flexibility index (Phi) is 5.12. The lowest BCUT2D eigenvalue weighted by molar-refractivity contribution is 0.144. The normalized spacial score (nSPS) is 15.8. The van der Waals surface area contributed by atoms with E-state index in [9.17, 15) is 5.26 Å². The van der Waals surface area contributed by atoms with Crippen molar-refractivity contribution in [2.24, 2.45) is 0 Å². The van der Waals surface area contributed by atoms with Gasteiger partial charge >= 0.3 is 0 Å². The Labute approximate surface area is 166 Å². The second-order valence-corrected chi connectivity index (χ2v) is 7.56. The molecule has 3 aromatic rings. The summed E-state index contributed by atoms with van der Waals surface area (Å²) in [6.45, 7) is 10.1. The van der Waals surface area contributed by atoms with Crippen molar-refractivity contribution >= 4 is 11.0 Å². The van der Waals surface area contributed by atoms with Crippen molar-refractivity contribution in [1.82, 2.24) is 24.3 Å². The van der Waals surface area contributed by atoms with E-state index in [1.165, 1.54) is 5.56 Å². The molecule has 3 heterocycles. The van der Waals surface area contributed by atoms with Gasteiger partial charge in [0.25, 0.3) is 0 Å². The Hall–Kier alpha value is -2.75. The molecule has 2 aromatic heterocycles. The first-order valence-electron chi connectivity index (χ1n) is 9.87. The van der Waals surface area contributed by atoms with Crippen LogP contribution >= 0.6 is 0 Å². The number of aromatic nitrogens is 3. The van der Waals surface area contributed by atoms with E-state index >= 15 is 0 Å². The maximum Gasteiger partial charge on any atom is 0.169 e. The number of nitriles is 1. The lowest BCUT2D eigenvalue weighted by Crippen LogP contribution is -2.44. The Morgan fingerprint density at radius 3 is 2.57 bits per heavy atom. The molecular formula is C22H26N6. The first-order valence-corrected chi connectivity index (χ1v) is 9.87. The predicted molar refractivity (Wildman–Crippen MR) is 111 cm³/mol. The van der Waals surface area contributed by atoms with Gasteiger partial charge < -0.3 is 9.47 Å². The van der Waals surface area contributed by atoms with Gasteiger partial charge in [0, 0.05) is 38.3 Å². The van der Waals surface area contributed by atoms with Crippen molar-refractivity contribution in [3.05, 3.63) is 47.4 Å². The molecule has 0 amide bonds. The van der Waals surface area contributed by atoms with Gasteiger partial charge in [-0.25, -0.2) is 9.97 Å².